The quantitative estimate of drug-likeness (QED) is 0.611. The van der Waals surface area contributed by atoms with Crippen LogP contribution in [0.3, 0.4) is 0 Å². The first kappa shape index (κ1) is 15.3. The van der Waals surface area contributed by atoms with Crippen molar-refractivity contribution in [3.63, 3.8) is 0 Å². The van der Waals surface area contributed by atoms with E-state index in [1.165, 1.54) is 0 Å². The fraction of sp³-hybridized carbons (Fsp3) is 0.0769. The lowest BCUT2D eigenvalue weighted by atomic mass is 9.99. The molecule has 0 saturated heterocycles. The second-order valence-corrected chi connectivity index (χ2v) is 6.53. The van der Waals surface area contributed by atoms with Crippen LogP contribution in [0.25, 0.3) is 0 Å². The molecule has 6 heteroatoms. The lowest BCUT2D eigenvalue weighted by Crippen LogP contribution is -2.14. The molecule has 2 aromatic carbocycles. The summed E-state index contributed by atoms with van der Waals surface area (Å²) in [4.78, 5) is 0. The van der Waals surface area contributed by atoms with E-state index in [1.54, 1.807) is 30.3 Å². The van der Waals surface area contributed by atoms with Crippen molar-refractivity contribution in [1.29, 1.82) is 0 Å². The molecule has 19 heavy (non-hydrogen) atoms. The van der Waals surface area contributed by atoms with Crippen molar-refractivity contribution >= 4 is 55.1 Å². The summed E-state index contributed by atoms with van der Waals surface area (Å²) in [6.07, 6.45) is 0. The second kappa shape index (κ2) is 6.10. The number of rotatable bonds is 2. The Morgan fingerprint density at radius 1 is 1.11 bits per heavy atom. The van der Waals surface area contributed by atoms with Crippen LogP contribution in [-0.2, 0) is 0 Å². The highest BCUT2D eigenvalue weighted by atomic mass is 79.9. The summed E-state index contributed by atoms with van der Waals surface area (Å²) >= 11 is 18.3. The first-order valence-corrected chi connectivity index (χ1v) is 7.59. The van der Waals surface area contributed by atoms with E-state index in [2.05, 4.69) is 31.9 Å². The van der Waals surface area contributed by atoms with Crippen LogP contribution >= 0.6 is 55.1 Å². The third-order valence-electron chi connectivity index (χ3n) is 2.64. The summed E-state index contributed by atoms with van der Waals surface area (Å²) in [6.45, 7) is 0. The van der Waals surface area contributed by atoms with E-state index >= 15 is 0 Å². The van der Waals surface area contributed by atoms with Crippen molar-refractivity contribution < 1.29 is 4.39 Å². The largest absolute Gasteiger partial charge is 0.320 e. The second-order valence-electron chi connectivity index (χ2n) is 3.95. The zero-order valence-corrected chi connectivity index (χ0v) is 14.1. The molecule has 1 nitrogen and oxygen atoms in total. The van der Waals surface area contributed by atoms with Gasteiger partial charge in [0.25, 0.3) is 0 Å². The van der Waals surface area contributed by atoms with E-state index < -0.39 is 11.9 Å². The Labute approximate surface area is 137 Å². The average Bonchev–Trinajstić information content (AvgIpc) is 2.34. The third-order valence-corrected chi connectivity index (χ3v) is 4.58. The molecule has 2 N–H and O–H groups in total. The van der Waals surface area contributed by atoms with E-state index in [9.17, 15) is 4.39 Å². The molecule has 1 atom stereocenters. The van der Waals surface area contributed by atoms with Gasteiger partial charge in [0, 0.05) is 19.5 Å². The molecule has 0 heterocycles. The normalized spacial score (nSPS) is 12.5. The lowest BCUT2D eigenvalue weighted by Gasteiger charge is -2.15. The molecule has 0 aliphatic carbocycles. The van der Waals surface area contributed by atoms with Gasteiger partial charge in [-0.05, 0) is 45.8 Å². The van der Waals surface area contributed by atoms with Crippen LogP contribution in [-0.4, -0.2) is 0 Å². The summed E-state index contributed by atoms with van der Waals surface area (Å²) in [6, 6.07) is 7.87. The Bertz CT molecular complexity index is 614. The van der Waals surface area contributed by atoms with Gasteiger partial charge in [-0.1, -0.05) is 45.2 Å². The maximum absolute atomic E-state index is 14.1. The predicted octanol–water partition coefficient (Wildman–Crippen LogP) is 5.71. The van der Waals surface area contributed by atoms with Crippen LogP contribution in [0, 0.1) is 5.82 Å². The molecule has 0 radical (unpaired) electrons. The van der Waals surface area contributed by atoms with E-state index in [4.69, 9.17) is 28.9 Å². The van der Waals surface area contributed by atoms with Crippen molar-refractivity contribution in [2.24, 2.45) is 5.73 Å². The molecular weight excluding hydrogens is 420 g/mol. The molecule has 100 valence electrons. The number of hydrogen-bond donors (Lipinski definition) is 1. The van der Waals surface area contributed by atoms with Crippen LogP contribution < -0.4 is 5.73 Å². The van der Waals surface area contributed by atoms with Crippen LogP contribution in [0.1, 0.15) is 17.2 Å². The molecule has 0 fully saturated rings. The summed E-state index contributed by atoms with van der Waals surface area (Å²) in [5, 5.41) is 0.553. The van der Waals surface area contributed by atoms with E-state index in [0.717, 1.165) is 4.47 Å². The minimum Gasteiger partial charge on any atom is -0.320 e. The Hall–Kier alpha value is -0.130. The molecule has 0 bridgehead atoms. The number of halogens is 5. The highest BCUT2D eigenvalue weighted by Crippen LogP contribution is 2.33. The Morgan fingerprint density at radius 2 is 1.79 bits per heavy atom. The Balaban J connectivity index is 2.50. The van der Waals surface area contributed by atoms with Crippen molar-refractivity contribution in [1.82, 2.24) is 0 Å². The van der Waals surface area contributed by atoms with Gasteiger partial charge in [0.05, 0.1) is 11.1 Å². The first-order chi connectivity index (χ1) is 8.90. The van der Waals surface area contributed by atoms with Gasteiger partial charge in [-0.25, -0.2) is 4.39 Å². The van der Waals surface area contributed by atoms with Crippen LogP contribution in [0.2, 0.25) is 10.0 Å². The summed E-state index contributed by atoms with van der Waals surface area (Å²) in [5.74, 6) is -0.528. The standard InChI is InChI=1S/C13H8Br2Cl2FN/c14-7-3-6(4-8(16)5-7)13(19)9-1-2-10(15)11(17)12(9)18/h1-5,13H,19H2. The molecule has 2 rings (SSSR count). The van der Waals surface area contributed by atoms with Gasteiger partial charge in [-0.15, -0.1) is 0 Å². The van der Waals surface area contributed by atoms with E-state index in [0.29, 0.717) is 20.6 Å². The monoisotopic (exact) mass is 425 g/mol. The molecule has 1 unspecified atom stereocenters. The van der Waals surface area contributed by atoms with Gasteiger partial charge in [0.15, 0.2) is 0 Å². The molecule has 0 saturated carbocycles. The summed E-state index contributed by atoms with van der Waals surface area (Å²) in [7, 11) is 0. The highest BCUT2D eigenvalue weighted by molar-refractivity contribution is 9.10. The lowest BCUT2D eigenvalue weighted by molar-refractivity contribution is 0.599. The smallest absolute Gasteiger partial charge is 0.148 e. The Morgan fingerprint density at radius 3 is 2.42 bits per heavy atom. The van der Waals surface area contributed by atoms with E-state index in [-0.39, 0.29) is 5.02 Å². The molecule has 0 spiro atoms. The fourth-order valence-electron chi connectivity index (χ4n) is 1.72. The first-order valence-electron chi connectivity index (χ1n) is 5.25. The van der Waals surface area contributed by atoms with Gasteiger partial charge in [-0.3, -0.25) is 0 Å². The van der Waals surface area contributed by atoms with Gasteiger partial charge >= 0.3 is 0 Å². The fourth-order valence-corrected chi connectivity index (χ4v) is 3.08. The molecule has 0 aromatic heterocycles. The van der Waals surface area contributed by atoms with Crippen molar-refractivity contribution in [2.45, 2.75) is 6.04 Å². The maximum atomic E-state index is 14.1. The highest BCUT2D eigenvalue weighted by Gasteiger charge is 2.18. The minimum atomic E-state index is -0.638. The number of hydrogen-bond acceptors (Lipinski definition) is 1. The minimum absolute atomic E-state index is 0.0223. The molecule has 2 aromatic rings. The van der Waals surface area contributed by atoms with Gasteiger partial charge in [0.1, 0.15) is 5.82 Å². The zero-order chi connectivity index (χ0) is 14.2. The topological polar surface area (TPSA) is 26.0 Å². The molecule has 0 aliphatic heterocycles. The van der Waals surface area contributed by atoms with Crippen molar-refractivity contribution in [3.05, 3.63) is 66.3 Å². The van der Waals surface area contributed by atoms with Gasteiger partial charge < -0.3 is 5.73 Å². The van der Waals surface area contributed by atoms with Gasteiger partial charge in [0.2, 0.25) is 0 Å². The SMILES string of the molecule is NC(c1cc(Cl)cc(Br)c1)c1ccc(Br)c(Cl)c1F. The number of benzene rings is 2. The Kier molecular flexibility index (Phi) is 4.90. The van der Waals surface area contributed by atoms with Crippen molar-refractivity contribution in [3.8, 4) is 0 Å². The predicted molar refractivity (Wildman–Crippen MR) is 84.3 cm³/mol. The van der Waals surface area contributed by atoms with E-state index in [1.807, 2.05) is 0 Å². The zero-order valence-electron chi connectivity index (χ0n) is 9.43. The maximum Gasteiger partial charge on any atom is 0.148 e. The summed E-state index contributed by atoms with van der Waals surface area (Å²) in [5.41, 5.74) is 7.11. The molecular formula is C13H8Br2Cl2FN. The molecule has 0 amide bonds. The van der Waals surface area contributed by atoms with Gasteiger partial charge in [-0.2, -0.15) is 0 Å². The molecule has 0 aliphatic rings. The average molecular weight is 428 g/mol. The number of nitrogens with two attached hydrogens (primary N) is 1. The van der Waals surface area contributed by atoms with Crippen LogP contribution in [0.4, 0.5) is 4.39 Å². The van der Waals surface area contributed by atoms with Crippen molar-refractivity contribution in [2.75, 3.05) is 0 Å². The summed E-state index contributed by atoms with van der Waals surface area (Å²) < 4.78 is 15.4. The van der Waals surface area contributed by atoms with Crippen LogP contribution in [0.5, 0.6) is 0 Å². The van der Waals surface area contributed by atoms with Crippen LogP contribution in [0.15, 0.2) is 39.3 Å². The third kappa shape index (κ3) is 3.31.